The average Bonchev–Trinajstić information content (AvgIpc) is 3.46. The van der Waals surface area contributed by atoms with Crippen LogP contribution in [0.1, 0.15) is 5.01 Å². The van der Waals surface area contributed by atoms with E-state index in [1.165, 1.54) is 32.6 Å². The zero-order valence-corrected chi connectivity index (χ0v) is 21.6. The number of anilines is 1. The number of aromatic nitrogens is 2. The summed E-state index contributed by atoms with van der Waals surface area (Å²) >= 11 is 8.54. The molecule has 0 saturated carbocycles. The quantitative estimate of drug-likeness (QED) is 0.255. The summed E-state index contributed by atoms with van der Waals surface area (Å²) < 4.78 is 74.1. The van der Waals surface area contributed by atoms with Crippen molar-refractivity contribution in [3.05, 3.63) is 76.0 Å². The molecule has 4 aromatic rings. The Morgan fingerprint density at radius 1 is 1.00 bits per heavy atom. The molecule has 9 nitrogen and oxygen atoms in total. The standard InChI is InChI=1S/C21H16ClN3O6S4/c22-14-3-5-18-16(9-14)24(12-34(26,27)28)20(32-18)11-21-25(13-35(29,30)31)17-10-15(4-6-19(17)33-21)23-7-1-2-8-23/h1-11H,12-13H2,(H-,26,27,28,29,30,31)/p-1. The van der Waals surface area contributed by atoms with Gasteiger partial charge >= 0.3 is 0 Å². The van der Waals surface area contributed by atoms with E-state index in [0.717, 1.165) is 10.4 Å². The third kappa shape index (κ3) is 5.26. The maximum absolute atomic E-state index is 11.8. The number of thioether (sulfide) groups is 1. The van der Waals surface area contributed by atoms with Gasteiger partial charge in [-0.1, -0.05) is 34.7 Å². The Labute approximate surface area is 214 Å². The molecular formula is C21H15ClN3O6S4-. The van der Waals surface area contributed by atoms with Gasteiger partial charge in [0.25, 0.3) is 5.01 Å². The van der Waals surface area contributed by atoms with E-state index in [-0.39, 0.29) is 0 Å². The van der Waals surface area contributed by atoms with Crippen molar-refractivity contribution in [1.82, 2.24) is 4.57 Å². The van der Waals surface area contributed by atoms with Gasteiger partial charge in [0, 0.05) is 28.4 Å². The Balaban J connectivity index is 1.68. The number of hydrogen-bond donors (Lipinski definition) is 0. The second-order valence-corrected chi connectivity index (χ2v) is 12.9. The first-order chi connectivity index (χ1) is 16.5. The number of fused-ring (bicyclic) bond motifs is 2. The van der Waals surface area contributed by atoms with Crippen molar-refractivity contribution >= 4 is 76.9 Å². The lowest BCUT2D eigenvalue weighted by Gasteiger charge is -2.21. The van der Waals surface area contributed by atoms with Gasteiger partial charge in [-0.15, -0.1) is 0 Å². The predicted octanol–water partition coefficient (Wildman–Crippen LogP) is 3.55. The van der Waals surface area contributed by atoms with Crippen LogP contribution in [0.25, 0.3) is 22.0 Å². The lowest BCUT2D eigenvalue weighted by atomic mass is 10.3. The third-order valence-electron chi connectivity index (χ3n) is 5.13. The van der Waals surface area contributed by atoms with Crippen molar-refractivity contribution in [3.63, 3.8) is 0 Å². The molecule has 0 fully saturated rings. The van der Waals surface area contributed by atoms with Crippen LogP contribution in [0.4, 0.5) is 5.69 Å². The van der Waals surface area contributed by atoms with Crippen LogP contribution in [0.5, 0.6) is 0 Å². The summed E-state index contributed by atoms with van der Waals surface area (Å²) in [6, 6.07) is 14.1. The van der Waals surface area contributed by atoms with Crippen molar-refractivity contribution in [2.24, 2.45) is 0 Å². The Bertz CT molecular complexity index is 1700. The van der Waals surface area contributed by atoms with Gasteiger partial charge in [0.1, 0.15) is 20.7 Å². The monoisotopic (exact) mass is 568 g/mol. The fourth-order valence-corrected chi connectivity index (χ4v) is 7.48. The van der Waals surface area contributed by atoms with Crippen LogP contribution in [-0.4, -0.2) is 36.4 Å². The molecule has 0 atom stereocenters. The van der Waals surface area contributed by atoms with E-state index in [9.17, 15) is 25.9 Å². The molecule has 1 aliphatic rings. The van der Waals surface area contributed by atoms with Crippen molar-refractivity contribution in [2.75, 3.05) is 10.8 Å². The maximum atomic E-state index is 11.8. The van der Waals surface area contributed by atoms with Crippen LogP contribution in [-0.2, 0) is 26.1 Å². The van der Waals surface area contributed by atoms with E-state index in [1.807, 2.05) is 41.2 Å². The minimum atomic E-state index is -4.66. The molecule has 14 heteroatoms. The number of rotatable bonds is 6. The van der Waals surface area contributed by atoms with E-state index >= 15 is 0 Å². The molecule has 0 aliphatic carbocycles. The highest BCUT2D eigenvalue weighted by molar-refractivity contribution is 8.04. The first kappa shape index (κ1) is 24.3. The molecule has 5 rings (SSSR count). The zero-order chi connectivity index (χ0) is 25.0. The number of benzene rings is 2. The summed E-state index contributed by atoms with van der Waals surface area (Å²) in [6.45, 7) is 0. The smallest absolute Gasteiger partial charge is 0.266 e. The summed E-state index contributed by atoms with van der Waals surface area (Å²) in [5.74, 6) is -1.65. The van der Waals surface area contributed by atoms with Crippen LogP contribution in [0.2, 0.25) is 5.02 Å². The SMILES string of the molecule is O=S(=O)([O-])CN1C(=Cc2sc3ccc(-n4cccc4)cc3[n+]2CS(=O)(=O)[O-])Sc2ccc(Cl)cc21. The van der Waals surface area contributed by atoms with E-state index in [4.69, 9.17) is 11.6 Å². The van der Waals surface area contributed by atoms with Crippen molar-refractivity contribution in [2.45, 2.75) is 10.8 Å². The predicted molar refractivity (Wildman–Crippen MR) is 133 cm³/mol. The number of thiazole rings is 1. The molecule has 182 valence electrons. The summed E-state index contributed by atoms with van der Waals surface area (Å²) in [5.41, 5.74) is 1.75. The highest BCUT2D eigenvalue weighted by Gasteiger charge is 2.30. The van der Waals surface area contributed by atoms with Crippen molar-refractivity contribution < 1.29 is 30.5 Å². The number of halogens is 1. The summed E-state index contributed by atoms with van der Waals surface area (Å²) in [7, 11) is -9.32. The minimum absolute atomic E-state index is 0.366. The van der Waals surface area contributed by atoms with Crippen molar-refractivity contribution in [3.8, 4) is 5.69 Å². The molecular weight excluding hydrogens is 554 g/mol. The zero-order valence-electron chi connectivity index (χ0n) is 17.6. The molecule has 0 radical (unpaired) electrons. The second-order valence-electron chi connectivity index (χ2n) is 7.61. The van der Waals surface area contributed by atoms with Gasteiger partial charge in [-0.2, -0.15) is 4.57 Å². The Hall–Kier alpha value is -2.39. The van der Waals surface area contributed by atoms with Gasteiger partial charge in [0.15, 0.2) is 10.1 Å². The van der Waals surface area contributed by atoms with E-state index < -0.39 is 32.0 Å². The maximum Gasteiger partial charge on any atom is 0.266 e. The topological polar surface area (TPSA) is 126 Å². The number of hydrogen-bond acceptors (Lipinski definition) is 9. The van der Waals surface area contributed by atoms with Crippen LogP contribution in [0, 0.1) is 0 Å². The molecule has 0 bridgehead atoms. The van der Waals surface area contributed by atoms with E-state index in [1.54, 1.807) is 30.3 Å². The molecule has 2 aromatic carbocycles. The summed E-state index contributed by atoms with van der Waals surface area (Å²) in [5, 5.41) is 1.15. The average molecular weight is 569 g/mol. The summed E-state index contributed by atoms with van der Waals surface area (Å²) in [4.78, 5) is 2.00. The van der Waals surface area contributed by atoms with Gasteiger partial charge in [0.2, 0.25) is 11.4 Å². The first-order valence-electron chi connectivity index (χ1n) is 9.90. The molecule has 2 aromatic heterocycles. The lowest BCUT2D eigenvalue weighted by molar-refractivity contribution is -0.649. The fraction of sp³-hybridized carbons (Fsp3) is 0.0952. The molecule has 3 heterocycles. The van der Waals surface area contributed by atoms with Gasteiger partial charge in [0.05, 0.1) is 22.5 Å². The largest absolute Gasteiger partial charge is 0.747 e. The first-order valence-corrected chi connectivity index (χ1v) is 15.1. The lowest BCUT2D eigenvalue weighted by Crippen LogP contribution is -2.39. The molecule has 0 unspecified atom stereocenters. The van der Waals surface area contributed by atoms with Crippen LogP contribution in [0.3, 0.4) is 0 Å². The third-order valence-corrected chi connectivity index (χ3v) is 8.74. The van der Waals surface area contributed by atoms with Crippen LogP contribution in [0.15, 0.2) is 70.8 Å². The van der Waals surface area contributed by atoms with Gasteiger partial charge < -0.3 is 18.6 Å². The molecule has 35 heavy (non-hydrogen) atoms. The Morgan fingerprint density at radius 3 is 2.43 bits per heavy atom. The van der Waals surface area contributed by atoms with E-state index in [2.05, 4.69) is 0 Å². The second kappa shape index (κ2) is 8.92. The molecule has 1 aliphatic heterocycles. The Morgan fingerprint density at radius 2 is 1.74 bits per heavy atom. The molecule has 0 saturated heterocycles. The van der Waals surface area contributed by atoms with E-state index in [0.29, 0.717) is 31.2 Å². The van der Waals surface area contributed by atoms with Gasteiger partial charge in [-0.3, -0.25) is 0 Å². The normalized spacial score (nSPS) is 15.3. The minimum Gasteiger partial charge on any atom is -0.747 e. The Kier molecular flexibility index (Phi) is 6.20. The molecule has 0 spiro atoms. The van der Waals surface area contributed by atoms with Crippen LogP contribution < -0.4 is 9.47 Å². The highest BCUT2D eigenvalue weighted by atomic mass is 35.5. The molecule has 0 amide bonds. The van der Waals surface area contributed by atoms with Gasteiger partial charge in [-0.05, 0) is 42.5 Å². The number of nitrogens with zero attached hydrogens (tertiary/aromatic N) is 3. The summed E-state index contributed by atoms with van der Waals surface area (Å²) in [6.07, 6.45) is 5.25. The molecule has 0 N–H and O–H groups in total. The van der Waals surface area contributed by atoms with Gasteiger partial charge in [-0.25, -0.2) is 16.8 Å². The fourth-order valence-electron chi connectivity index (χ4n) is 3.73. The highest BCUT2D eigenvalue weighted by Crippen LogP contribution is 2.48. The van der Waals surface area contributed by atoms with Crippen molar-refractivity contribution in [1.29, 1.82) is 0 Å². The van der Waals surface area contributed by atoms with Crippen LogP contribution >= 0.6 is 34.7 Å².